The molecule has 5 nitrogen and oxygen atoms in total. The highest BCUT2D eigenvalue weighted by Gasteiger charge is 2.51. The van der Waals surface area contributed by atoms with Crippen molar-refractivity contribution in [2.24, 2.45) is 11.8 Å². The van der Waals surface area contributed by atoms with Gasteiger partial charge in [0.15, 0.2) is 0 Å². The van der Waals surface area contributed by atoms with Gasteiger partial charge in [0.05, 0.1) is 12.6 Å². The van der Waals surface area contributed by atoms with Gasteiger partial charge in [-0.2, -0.15) is 0 Å². The lowest BCUT2D eigenvalue weighted by atomic mass is 9.82. The van der Waals surface area contributed by atoms with E-state index in [1.165, 1.54) is 0 Å². The molecule has 1 N–H and O–H groups in total. The first kappa shape index (κ1) is 14.1. The summed E-state index contributed by atoms with van der Waals surface area (Å²) in [4.78, 5) is 25.6. The lowest BCUT2D eigenvalue weighted by Gasteiger charge is -2.28. The van der Waals surface area contributed by atoms with Gasteiger partial charge < -0.3 is 9.84 Å². The lowest BCUT2D eigenvalue weighted by molar-refractivity contribution is -0.131. The van der Waals surface area contributed by atoms with Crippen molar-refractivity contribution in [2.45, 2.75) is 45.3 Å². The third kappa shape index (κ3) is 2.66. The molecule has 1 fully saturated rings. The van der Waals surface area contributed by atoms with Gasteiger partial charge in [-0.25, -0.2) is 9.69 Å². The Morgan fingerprint density at radius 3 is 2.63 bits per heavy atom. The van der Waals surface area contributed by atoms with Crippen LogP contribution in [0, 0.1) is 11.8 Å². The monoisotopic (exact) mass is 267 g/mol. The van der Waals surface area contributed by atoms with Crippen LogP contribution in [0.4, 0.5) is 4.79 Å². The summed E-state index contributed by atoms with van der Waals surface area (Å²) in [5.74, 6) is -0.410. The van der Waals surface area contributed by atoms with Crippen LogP contribution in [0.25, 0.3) is 0 Å². The van der Waals surface area contributed by atoms with Crippen molar-refractivity contribution in [3.8, 4) is 0 Å². The van der Waals surface area contributed by atoms with Crippen LogP contribution in [0.3, 0.4) is 0 Å². The van der Waals surface area contributed by atoms with Gasteiger partial charge in [-0.15, -0.1) is 0 Å². The minimum absolute atomic E-state index is 0.00928. The number of allylic oxidation sites excluding steroid dienone is 2. The van der Waals surface area contributed by atoms with Crippen molar-refractivity contribution in [1.82, 2.24) is 4.90 Å². The van der Waals surface area contributed by atoms with Crippen molar-refractivity contribution in [1.29, 1.82) is 0 Å². The fourth-order valence-electron chi connectivity index (χ4n) is 2.83. The fraction of sp³-hybridized carbons (Fsp3) is 0.714. The number of carbonyl (C=O) groups excluding carboxylic acids is 2. The Labute approximate surface area is 113 Å². The molecule has 3 atom stereocenters. The Morgan fingerprint density at radius 2 is 2.05 bits per heavy atom. The second-order valence-corrected chi connectivity index (χ2v) is 6.15. The van der Waals surface area contributed by atoms with E-state index in [-0.39, 0.29) is 24.3 Å². The number of carbonyl (C=O) groups is 2. The van der Waals surface area contributed by atoms with Crippen LogP contribution in [-0.2, 0) is 9.53 Å². The second-order valence-electron chi connectivity index (χ2n) is 6.15. The molecule has 0 aromatic carbocycles. The largest absolute Gasteiger partial charge is 0.443 e. The van der Waals surface area contributed by atoms with Crippen molar-refractivity contribution in [3.63, 3.8) is 0 Å². The molecule has 19 heavy (non-hydrogen) atoms. The summed E-state index contributed by atoms with van der Waals surface area (Å²) < 4.78 is 5.26. The van der Waals surface area contributed by atoms with Crippen molar-refractivity contribution in [2.75, 3.05) is 6.61 Å². The SMILES string of the molecule is CC(C)(C)OC(=O)N1C(=O)[C@@H]2CC=CC[C@@H]2[C@H]1CO. The molecule has 2 amide bonds. The van der Waals surface area contributed by atoms with Gasteiger partial charge in [-0.3, -0.25) is 4.79 Å². The third-order valence-electron chi connectivity index (χ3n) is 3.64. The minimum Gasteiger partial charge on any atom is -0.443 e. The number of nitrogens with zero attached hydrogens (tertiary/aromatic N) is 1. The quantitative estimate of drug-likeness (QED) is 0.734. The Morgan fingerprint density at radius 1 is 1.42 bits per heavy atom. The van der Waals surface area contributed by atoms with Crippen LogP contribution in [-0.4, -0.2) is 40.3 Å². The van der Waals surface area contributed by atoms with E-state index >= 15 is 0 Å². The molecule has 5 heteroatoms. The fourth-order valence-corrected chi connectivity index (χ4v) is 2.83. The summed E-state index contributed by atoms with van der Waals surface area (Å²) in [5.41, 5.74) is -0.649. The maximum absolute atomic E-state index is 12.3. The number of likely N-dealkylation sites (tertiary alicyclic amines) is 1. The molecular weight excluding hydrogens is 246 g/mol. The summed E-state index contributed by atoms with van der Waals surface area (Å²) in [6.45, 7) is 5.07. The van der Waals surface area contributed by atoms with Gasteiger partial charge in [-0.05, 0) is 39.5 Å². The van der Waals surface area contributed by atoms with Crippen LogP contribution < -0.4 is 0 Å². The topological polar surface area (TPSA) is 66.8 Å². The third-order valence-corrected chi connectivity index (χ3v) is 3.64. The molecule has 0 saturated carbocycles. The number of imide groups is 1. The predicted octanol–water partition coefficient (Wildman–Crippen LogP) is 1.71. The number of ether oxygens (including phenoxy) is 1. The summed E-state index contributed by atoms with van der Waals surface area (Å²) in [6, 6.07) is -0.461. The number of aliphatic hydroxyl groups excluding tert-OH is 1. The molecule has 0 bridgehead atoms. The van der Waals surface area contributed by atoms with Crippen molar-refractivity contribution >= 4 is 12.0 Å². The zero-order valence-corrected chi connectivity index (χ0v) is 11.6. The number of fused-ring (bicyclic) bond motifs is 1. The number of amides is 2. The molecule has 0 unspecified atom stereocenters. The van der Waals surface area contributed by atoms with E-state index in [0.717, 1.165) is 11.3 Å². The highest BCUT2D eigenvalue weighted by Crippen LogP contribution is 2.39. The second kappa shape index (κ2) is 4.96. The molecule has 1 aliphatic heterocycles. The zero-order chi connectivity index (χ0) is 14.2. The molecule has 0 aromatic rings. The molecule has 0 aromatic heterocycles. The van der Waals surface area contributed by atoms with Gasteiger partial charge >= 0.3 is 6.09 Å². The van der Waals surface area contributed by atoms with Crippen molar-refractivity contribution < 1.29 is 19.4 Å². The van der Waals surface area contributed by atoms with Crippen molar-refractivity contribution in [3.05, 3.63) is 12.2 Å². The molecule has 2 rings (SSSR count). The lowest BCUT2D eigenvalue weighted by Crippen LogP contribution is -2.45. The molecule has 0 spiro atoms. The normalized spacial score (nSPS) is 30.4. The first-order valence-electron chi connectivity index (χ1n) is 6.67. The average molecular weight is 267 g/mol. The number of hydrogen-bond acceptors (Lipinski definition) is 4. The Hall–Kier alpha value is -1.36. The number of rotatable bonds is 1. The van der Waals surface area contributed by atoms with E-state index in [2.05, 4.69) is 0 Å². The van der Waals surface area contributed by atoms with Gasteiger partial charge in [0, 0.05) is 5.92 Å². The van der Waals surface area contributed by atoms with Gasteiger partial charge in [-0.1, -0.05) is 12.2 Å². The van der Waals surface area contributed by atoms with Gasteiger partial charge in [0.25, 0.3) is 0 Å². The maximum Gasteiger partial charge on any atom is 0.417 e. The first-order valence-corrected chi connectivity index (χ1v) is 6.67. The van der Waals surface area contributed by atoms with E-state index in [1.807, 2.05) is 12.2 Å². The molecule has 1 heterocycles. The highest BCUT2D eigenvalue weighted by atomic mass is 16.6. The van der Waals surface area contributed by atoms with Crippen LogP contribution in [0.2, 0.25) is 0 Å². The zero-order valence-electron chi connectivity index (χ0n) is 11.6. The smallest absolute Gasteiger partial charge is 0.417 e. The van der Waals surface area contributed by atoms with Crippen LogP contribution >= 0.6 is 0 Å². The molecule has 1 aliphatic carbocycles. The molecule has 106 valence electrons. The summed E-state index contributed by atoms with van der Waals surface area (Å²) >= 11 is 0. The average Bonchev–Trinajstić information content (AvgIpc) is 2.60. The summed E-state index contributed by atoms with van der Waals surface area (Å²) in [5, 5.41) is 9.51. The van der Waals surface area contributed by atoms with Gasteiger partial charge in [0.1, 0.15) is 5.60 Å². The molecular formula is C14H21NO4. The van der Waals surface area contributed by atoms with E-state index in [9.17, 15) is 14.7 Å². The summed E-state index contributed by atoms with van der Waals surface area (Å²) in [7, 11) is 0. The maximum atomic E-state index is 12.3. The minimum atomic E-state index is -0.649. The molecule has 0 radical (unpaired) electrons. The van der Waals surface area contributed by atoms with E-state index < -0.39 is 17.7 Å². The van der Waals surface area contributed by atoms with E-state index in [1.54, 1.807) is 20.8 Å². The highest BCUT2D eigenvalue weighted by molar-refractivity contribution is 5.96. The standard InChI is InChI=1S/C14H21NO4/c1-14(2,3)19-13(18)15-11(8-16)9-6-4-5-7-10(9)12(15)17/h4-5,9-11,16H,6-8H2,1-3H3/t9-,10+,11+/m0/s1. The number of aliphatic hydroxyl groups is 1. The van der Waals surface area contributed by atoms with E-state index in [4.69, 9.17) is 4.74 Å². The van der Waals surface area contributed by atoms with Gasteiger partial charge in [0.2, 0.25) is 5.91 Å². The van der Waals surface area contributed by atoms with E-state index in [0.29, 0.717) is 6.42 Å². The Bertz CT molecular complexity index is 410. The van der Waals surface area contributed by atoms with Crippen LogP contribution in [0.1, 0.15) is 33.6 Å². The molecule has 2 aliphatic rings. The van der Waals surface area contributed by atoms with Crippen LogP contribution in [0.15, 0.2) is 12.2 Å². The Kier molecular flexibility index (Phi) is 3.67. The Balaban J connectivity index is 2.20. The van der Waals surface area contributed by atoms with Crippen LogP contribution in [0.5, 0.6) is 0 Å². The molecule has 1 saturated heterocycles. The first-order chi connectivity index (χ1) is 8.85. The number of hydrogen-bond donors (Lipinski definition) is 1. The summed E-state index contributed by atoms with van der Waals surface area (Å²) in [6.07, 6.45) is 4.69. The predicted molar refractivity (Wildman–Crippen MR) is 69.3 cm³/mol.